The maximum absolute atomic E-state index is 13.7. The molecule has 0 aliphatic carbocycles. The summed E-state index contributed by atoms with van der Waals surface area (Å²) >= 11 is 0. The first-order chi connectivity index (χ1) is 9.33. The second-order valence-electron chi connectivity index (χ2n) is 4.18. The number of nitrogens with one attached hydrogen (secondary N) is 1. The van der Waals surface area contributed by atoms with Gasteiger partial charge in [-0.15, -0.1) is 0 Å². The van der Waals surface area contributed by atoms with Gasteiger partial charge in [-0.05, 0) is 31.2 Å². The molecule has 3 N–H and O–H groups in total. The van der Waals surface area contributed by atoms with Crippen LogP contribution in [0.4, 0.5) is 20.2 Å². The predicted molar refractivity (Wildman–Crippen MR) is 72.8 cm³/mol. The minimum Gasteiger partial charge on any atom is -0.398 e. The minimum absolute atomic E-state index is 0.0349. The van der Waals surface area contributed by atoms with Gasteiger partial charge < -0.3 is 5.73 Å². The highest BCUT2D eigenvalue weighted by Crippen LogP contribution is 2.26. The number of anilines is 2. The first-order valence-electron chi connectivity index (χ1n) is 5.65. The second kappa shape index (κ2) is 5.09. The molecule has 0 heterocycles. The van der Waals surface area contributed by atoms with Crippen molar-refractivity contribution in [2.24, 2.45) is 0 Å². The van der Waals surface area contributed by atoms with Gasteiger partial charge in [0.05, 0.1) is 11.4 Å². The van der Waals surface area contributed by atoms with Crippen LogP contribution < -0.4 is 10.5 Å². The zero-order valence-corrected chi connectivity index (χ0v) is 11.3. The van der Waals surface area contributed by atoms with Crippen LogP contribution in [0.1, 0.15) is 5.56 Å². The van der Waals surface area contributed by atoms with E-state index in [1.54, 1.807) is 0 Å². The molecule has 0 unspecified atom stereocenters. The van der Waals surface area contributed by atoms with E-state index in [0.29, 0.717) is 0 Å². The van der Waals surface area contributed by atoms with E-state index in [9.17, 15) is 17.2 Å². The normalized spacial score (nSPS) is 11.3. The summed E-state index contributed by atoms with van der Waals surface area (Å²) in [5.74, 6) is -1.53. The van der Waals surface area contributed by atoms with Gasteiger partial charge in [-0.25, -0.2) is 17.2 Å². The molecule has 0 aliphatic heterocycles. The molecule has 106 valence electrons. The van der Waals surface area contributed by atoms with Crippen LogP contribution in [0.15, 0.2) is 41.3 Å². The summed E-state index contributed by atoms with van der Waals surface area (Å²) in [5, 5.41) is 0. The molecule has 0 bridgehead atoms. The quantitative estimate of drug-likeness (QED) is 0.856. The molecule has 0 saturated heterocycles. The molecule has 7 heteroatoms. The summed E-state index contributed by atoms with van der Waals surface area (Å²) in [6.07, 6.45) is 0. The molecule has 4 nitrogen and oxygen atoms in total. The number of halogens is 2. The number of hydrogen-bond acceptors (Lipinski definition) is 3. The highest BCUT2D eigenvalue weighted by molar-refractivity contribution is 7.92. The Bertz CT molecular complexity index is 741. The van der Waals surface area contributed by atoms with Gasteiger partial charge in [0, 0.05) is 5.56 Å². The maximum Gasteiger partial charge on any atom is 0.266 e. The first-order valence-corrected chi connectivity index (χ1v) is 7.13. The lowest BCUT2D eigenvalue weighted by Crippen LogP contribution is -2.17. The van der Waals surface area contributed by atoms with Gasteiger partial charge in [-0.2, -0.15) is 0 Å². The molecular formula is C13H12F2N2O2S. The van der Waals surface area contributed by atoms with Crippen LogP contribution in [0.5, 0.6) is 0 Å². The van der Waals surface area contributed by atoms with E-state index in [1.807, 2.05) is 0 Å². The number of sulfonamides is 1. The summed E-state index contributed by atoms with van der Waals surface area (Å²) < 4.78 is 53.5. The average Bonchev–Trinajstić information content (AvgIpc) is 2.34. The standard InChI is InChI=1S/C13H12F2N2O2S/c1-8-9(14)4-3-7-12(8)17-20(18,19)13-10(15)5-2-6-11(13)16/h2-7,17H,16H2,1H3. The third-order valence-corrected chi connectivity index (χ3v) is 4.23. The van der Waals surface area contributed by atoms with Crippen molar-refractivity contribution in [3.05, 3.63) is 53.6 Å². The summed E-state index contributed by atoms with van der Waals surface area (Å²) in [7, 11) is -4.23. The zero-order valence-electron chi connectivity index (χ0n) is 10.5. The van der Waals surface area contributed by atoms with E-state index in [4.69, 9.17) is 5.73 Å². The van der Waals surface area contributed by atoms with Crippen molar-refractivity contribution >= 4 is 21.4 Å². The monoisotopic (exact) mass is 298 g/mol. The minimum atomic E-state index is -4.23. The molecule has 0 spiro atoms. The van der Waals surface area contributed by atoms with Gasteiger partial charge in [0.25, 0.3) is 10.0 Å². The lowest BCUT2D eigenvalue weighted by atomic mass is 10.2. The van der Waals surface area contributed by atoms with Gasteiger partial charge >= 0.3 is 0 Å². The van der Waals surface area contributed by atoms with Gasteiger partial charge in [0.15, 0.2) is 0 Å². The molecule has 0 radical (unpaired) electrons. The van der Waals surface area contributed by atoms with Gasteiger partial charge in [-0.1, -0.05) is 12.1 Å². The van der Waals surface area contributed by atoms with E-state index < -0.39 is 26.6 Å². The lowest BCUT2D eigenvalue weighted by molar-refractivity contribution is 0.571. The van der Waals surface area contributed by atoms with Crippen LogP contribution in [0.25, 0.3) is 0 Å². The Morgan fingerprint density at radius 1 is 1.05 bits per heavy atom. The SMILES string of the molecule is Cc1c(F)cccc1NS(=O)(=O)c1c(N)cccc1F. The molecule has 0 fully saturated rings. The second-order valence-corrected chi connectivity index (χ2v) is 5.80. The summed E-state index contributed by atoms with van der Waals surface area (Å²) in [6, 6.07) is 7.50. The fourth-order valence-electron chi connectivity index (χ4n) is 1.72. The average molecular weight is 298 g/mol. The smallest absolute Gasteiger partial charge is 0.266 e. The highest BCUT2D eigenvalue weighted by Gasteiger charge is 2.23. The topological polar surface area (TPSA) is 72.2 Å². The Kier molecular flexibility index (Phi) is 3.63. The van der Waals surface area contributed by atoms with Crippen LogP contribution in [-0.4, -0.2) is 8.42 Å². The Morgan fingerprint density at radius 3 is 2.30 bits per heavy atom. The fraction of sp³-hybridized carbons (Fsp3) is 0.0769. The first kappa shape index (κ1) is 14.3. The van der Waals surface area contributed by atoms with Crippen molar-refractivity contribution in [1.82, 2.24) is 0 Å². The van der Waals surface area contributed by atoms with Crippen LogP contribution in [0, 0.1) is 18.6 Å². The van der Waals surface area contributed by atoms with Gasteiger partial charge in [0.1, 0.15) is 16.5 Å². The number of nitrogen functional groups attached to an aromatic ring is 1. The third kappa shape index (κ3) is 2.57. The van der Waals surface area contributed by atoms with Crippen LogP contribution >= 0.6 is 0 Å². The fourth-order valence-corrected chi connectivity index (χ4v) is 3.04. The number of nitrogens with two attached hydrogens (primary N) is 1. The Balaban J connectivity index is 2.50. The molecule has 2 aromatic carbocycles. The van der Waals surface area contributed by atoms with E-state index in [-0.39, 0.29) is 16.9 Å². The number of benzene rings is 2. The molecule has 2 rings (SSSR count). The molecule has 20 heavy (non-hydrogen) atoms. The Labute approximate surface area is 115 Å². The molecule has 0 amide bonds. The van der Waals surface area contributed by atoms with Crippen molar-refractivity contribution in [1.29, 1.82) is 0 Å². The number of rotatable bonds is 3. The lowest BCUT2D eigenvalue weighted by Gasteiger charge is -2.12. The van der Waals surface area contributed by atoms with Crippen LogP contribution in [0.2, 0.25) is 0 Å². The molecule has 0 atom stereocenters. The molecule has 0 saturated carbocycles. The third-order valence-electron chi connectivity index (χ3n) is 2.78. The van der Waals surface area contributed by atoms with Gasteiger partial charge in [-0.3, -0.25) is 4.72 Å². The van der Waals surface area contributed by atoms with Crippen molar-refractivity contribution in [2.45, 2.75) is 11.8 Å². The van der Waals surface area contributed by atoms with E-state index >= 15 is 0 Å². The van der Waals surface area contributed by atoms with Crippen molar-refractivity contribution in [3.8, 4) is 0 Å². The predicted octanol–water partition coefficient (Wildman–Crippen LogP) is 2.66. The van der Waals surface area contributed by atoms with Crippen molar-refractivity contribution in [2.75, 3.05) is 10.5 Å². The molecule has 2 aromatic rings. The van der Waals surface area contributed by atoms with Crippen LogP contribution in [0.3, 0.4) is 0 Å². The molecule has 0 aliphatic rings. The summed E-state index contributed by atoms with van der Waals surface area (Å²) in [4.78, 5) is -0.649. The summed E-state index contributed by atoms with van der Waals surface area (Å²) in [5.41, 5.74) is 5.43. The van der Waals surface area contributed by atoms with Gasteiger partial charge in [0.2, 0.25) is 0 Å². The van der Waals surface area contributed by atoms with Crippen molar-refractivity contribution < 1.29 is 17.2 Å². The zero-order chi connectivity index (χ0) is 14.9. The largest absolute Gasteiger partial charge is 0.398 e. The van der Waals surface area contributed by atoms with E-state index in [2.05, 4.69) is 4.72 Å². The van der Waals surface area contributed by atoms with E-state index in [1.165, 1.54) is 37.3 Å². The highest BCUT2D eigenvalue weighted by atomic mass is 32.2. The van der Waals surface area contributed by atoms with E-state index in [0.717, 1.165) is 6.07 Å². The van der Waals surface area contributed by atoms with Crippen LogP contribution in [-0.2, 0) is 10.0 Å². The molecule has 0 aromatic heterocycles. The Hall–Kier alpha value is -2.15. The number of hydrogen-bond donors (Lipinski definition) is 2. The van der Waals surface area contributed by atoms with Crippen molar-refractivity contribution in [3.63, 3.8) is 0 Å². The summed E-state index contributed by atoms with van der Waals surface area (Å²) in [6.45, 7) is 1.41. The molecular weight excluding hydrogens is 286 g/mol. The Morgan fingerprint density at radius 2 is 1.65 bits per heavy atom. The maximum atomic E-state index is 13.7.